The molecule has 88 valence electrons. The maximum absolute atomic E-state index is 9.13. The first-order valence-electron chi connectivity index (χ1n) is 5.75. The fraction of sp³-hybridized carbons (Fsp3) is 0.615. The number of hydrogen-bond donors (Lipinski definition) is 0. The van der Waals surface area contributed by atoms with Gasteiger partial charge in [0.2, 0.25) is 0 Å². The van der Waals surface area contributed by atoms with Crippen molar-refractivity contribution in [3.8, 4) is 6.07 Å². The maximum atomic E-state index is 9.13. The van der Waals surface area contributed by atoms with Gasteiger partial charge in [0.1, 0.15) is 6.07 Å². The fourth-order valence-corrected chi connectivity index (χ4v) is 2.59. The number of rotatable bonds is 3. The lowest BCUT2D eigenvalue weighted by molar-refractivity contribution is 0.533. The van der Waals surface area contributed by atoms with Crippen LogP contribution in [0.2, 0.25) is 5.02 Å². The molecule has 0 N–H and O–H groups in total. The third-order valence-corrected chi connectivity index (χ3v) is 3.52. The molecule has 0 aromatic carbocycles. The van der Waals surface area contributed by atoms with E-state index in [9.17, 15) is 0 Å². The van der Waals surface area contributed by atoms with Crippen molar-refractivity contribution in [3.63, 3.8) is 0 Å². The van der Waals surface area contributed by atoms with E-state index < -0.39 is 0 Å². The average molecular weight is 239 g/mol. The highest BCUT2D eigenvalue weighted by molar-refractivity contribution is 6.32. The predicted molar refractivity (Wildman–Crippen MR) is 68.0 cm³/mol. The van der Waals surface area contributed by atoms with E-state index in [4.69, 9.17) is 16.9 Å². The largest absolute Gasteiger partial charge is 0.343 e. The van der Waals surface area contributed by atoms with E-state index in [0.29, 0.717) is 22.5 Å². The summed E-state index contributed by atoms with van der Waals surface area (Å²) in [5, 5.41) is 9.77. The zero-order chi connectivity index (χ0) is 12.5. The summed E-state index contributed by atoms with van der Waals surface area (Å²) in [4.78, 5) is 0. The highest BCUT2D eigenvalue weighted by Gasteiger charge is 2.23. The second kappa shape index (κ2) is 4.93. The van der Waals surface area contributed by atoms with Gasteiger partial charge in [-0.25, -0.2) is 0 Å². The van der Waals surface area contributed by atoms with E-state index in [-0.39, 0.29) is 0 Å². The van der Waals surface area contributed by atoms with Crippen LogP contribution in [-0.4, -0.2) is 4.57 Å². The summed E-state index contributed by atoms with van der Waals surface area (Å²) < 4.78 is 2.19. The van der Waals surface area contributed by atoms with Crippen LogP contribution in [0, 0.1) is 18.3 Å². The Morgan fingerprint density at radius 1 is 1.38 bits per heavy atom. The lowest BCUT2D eigenvalue weighted by atomic mass is 10.0. The Bertz CT molecular complexity index is 424. The van der Waals surface area contributed by atoms with Crippen molar-refractivity contribution in [2.75, 3.05) is 0 Å². The summed E-state index contributed by atoms with van der Waals surface area (Å²) in [6.07, 6.45) is 1.03. The van der Waals surface area contributed by atoms with Gasteiger partial charge in [-0.2, -0.15) is 5.26 Å². The smallest absolute Gasteiger partial charge is 0.103 e. The van der Waals surface area contributed by atoms with E-state index in [1.807, 2.05) is 6.92 Å². The van der Waals surface area contributed by atoms with Crippen LogP contribution in [-0.2, 0) is 0 Å². The molecular weight excluding hydrogens is 220 g/mol. The molecule has 0 bridgehead atoms. The van der Waals surface area contributed by atoms with Crippen LogP contribution < -0.4 is 0 Å². The van der Waals surface area contributed by atoms with E-state index in [0.717, 1.165) is 17.8 Å². The second-order valence-corrected chi connectivity index (χ2v) is 4.92. The molecule has 1 unspecified atom stereocenters. The molecule has 1 atom stereocenters. The van der Waals surface area contributed by atoms with Crippen molar-refractivity contribution in [1.82, 2.24) is 4.57 Å². The zero-order valence-electron chi connectivity index (χ0n) is 10.6. The first kappa shape index (κ1) is 13.1. The minimum Gasteiger partial charge on any atom is -0.343 e. The van der Waals surface area contributed by atoms with Crippen LogP contribution in [0.5, 0.6) is 0 Å². The highest BCUT2D eigenvalue weighted by Crippen LogP contribution is 2.36. The molecule has 0 fully saturated rings. The summed E-state index contributed by atoms with van der Waals surface area (Å²) in [5.41, 5.74) is 2.72. The Balaban J connectivity index is 3.52. The van der Waals surface area contributed by atoms with Crippen LogP contribution in [0.25, 0.3) is 0 Å². The summed E-state index contributed by atoms with van der Waals surface area (Å²) in [6.45, 7) is 10.5. The van der Waals surface area contributed by atoms with Crippen LogP contribution >= 0.6 is 11.6 Å². The van der Waals surface area contributed by atoms with Gasteiger partial charge in [0, 0.05) is 17.4 Å². The summed E-state index contributed by atoms with van der Waals surface area (Å²) in [5.74, 6) is 0.385. The molecule has 0 spiro atoms. The van der Waals surface area contributed by atoms with E-state index in [2.05, 4.69) is 38.3 Å². The first-order valence-corrected chi connectivity index (χ1v) is 6.13. The standard InChI is InChI=1S/C13H19ClN2/c1-6-9(4)13-12(14)11(7-15)10(5)16(13)8(2)3/h8-9H,6H2,1-5H3. The highest BCUT2D eigenvalue weighted by atomic mass is 35.5. The molecule has 1 heterocycles. The molecule has 1 aromatic heterocycles. The Morgan fingerprint density at radius 2 is 1.94 bits per heavy atom. The Hall–Kier alpha value is -0.940. The molecule has 0 aliphatic carbocycles. The lowest BCUT2D eigenvalue weighted by Crippen LogP contribution is -2.09. The monoisotopic (exact) mass is 238 g/mol. The van der Waals surface area contributed by atoms with Gasteiger partial charge in [-0.3, -0.25) is 0 Å². The minimum atomic E-state index is 0.337. The molecule has 16 heavy (non-hydrogen) atoms. The van der Waals surface area contributed by atoms with Crippen LogP contribution in [0.15, 0.2) is 0 Å². The van der Waals surface area contributed by atoms with Gasteiger partial charge in [-0.05, 0) is 33.1 Å². The Kier molecular flexibility index (Phi) is 4.04. The van der Waals surface area contributed by atoms with Crippen molar-refractivity contribution in [2.24, 2.45) is 0 Å². The molecular formula is C13H19ClN2. The third kappa shape index (κ3) is 1.97. The molecule has 0 saturated heterocycles. The zero-order valence-corrected chi connectivity index (χ0v) is 11.4. The lowest BCUT2D eigenvalue weighted by Gasteiger charge is -2.19. The minimum absolute atomic E-state index is 0.337. The molecule has 1 aromatic rings. The number of nitrogens with zero attached hydrogens (tertiary/aromatic N) is 2. The Morgan fingerprint density at radius 3 is 2.31 bits per heavy atom. The summed E-state index contributed by atoms with van der Waals surface area (Å²) >= 11 is 6.31. The van der Waals surface area contributed by atoms with Crippen molar-refractivity contribution in [3.05, 3.63) is 22.0 Å². The average Bonchev–Trinajstić information content (AvgIpc) is 2.49. The molecule has 1 rings (SSSR count). The molecule has 0 saturated carbocycles. The Labute approximate surface area is 103 Å². The first-order chi connectivity index (χ1) is 7.45. The predicted octanol–water partition coefficient (Wildman–Crippen LogP) is 4.42. The van der Waals surface area contributed by atoms with Crippen LogP contribution in [0.4, 0.5) is 0 Å². The number of aromatic nitrogens is 1. The van der Waals surface area contributed by atoms with Gasteiger partial charge in [0.15, 0.2) is 0 Å². The van der Waals surface area contributed by atoms with E-state index >= 15 is 0 Å². The SMILES string of the molecule is CCC(C)c1c(Cl)c(C#N)c(C)n1C(C)C. The van der Waals surface area contributed by atoms with Crippen molar-refractivity contribution in [1.29, 1.82) is 5.26 Å². The van der Waals surface area contributed by atoms with Crippen molar-refractivity contribution < 1.29 is 0 Å². The van der Waals surface area contributed by atoms with Crippen molar-refractivity contribution in [2.45, 2.75) is 53.0 Å². The van der Waals surface area contributed by atoms with Gasteiger partial charge in [-0.15, -0.1) is 0 Å². The molecule has 0 radical (unpaired) electrons. The van der Waals surface area contributed by atoms with E-state index in [1.54, 1.807) is 0 Å². The quantitative estimate of drug-likeness (QED) is 0.767. The third-order valence-electron chi connectivity index (χ3n) is 3.13. The number of hydrogen-bond acceptors (Lipinski definition) is 1. The molecule has 3 heteroatoms. The van der Waals surface area contributed by atoms with Crippen LogP contribution in [0.3, 0.4) is 0 Å². The fourth-order valence-electron chi connectivity index (χ4n) is 2.14. The van der Waals surface area contributed by atoms with Gasteiger partial charge in [-0.1, -0.05) is 25.4 Å². The normalized spacial score (nSPS) is 12.9. The van der Waals surface area contributed by atoms with Gasteiger partial charge >= 0.3 is 0 Å². The number of nitriles is 1. The topological polar surface area (TPSA) is 28.7 Å². The molecule has 0 amide bonds. The number of halogens is 1. The maximum Gasteiger partial charge on any atom is 0.103 e. The van der Waals surface area contributed by atoms with E-state index in [1.165, 1.54) is 0 Å². The van der Waals surface area contributed by atoms with Crippen LogP contribution in [0.1, 0.15) is 63.0 Å². The van der Waals surface area contributed by atoms with Gasteiger partial charge < -0.3 is 4.57 Å². The molecule has 2 nitrogen and oxygen atoms in total. The summed E-state index contributed by atoms with van der Waals surface area (Å²) in [6, 6.07) is 2.54. The molecule has 0 aliphatic heterocycles. The summed E-state index contributed by atoms with van der Waals surface area (Å²) in [7, 11) is 0. The van der Waals surface area contributed by atoms with Gasteiger partial charge in [0.25, 0.3) is 0 Å². The van der Waals surface area contributed by atoms with Gasteiger partial charge in [0.05, 0.1) is 10.6 Å². The second-order valence-electron chi connectivity index (χ2n) is 4.54. The van der Waals surface area contributed by atoms with Crippen molar-refractivity contribution >= 4 is 11.6 Å². The molecule has 0 aliphatic rings.